The second kappa shape index (κ2) is 6.14. The number of nitrogens with one attached hydrogen (secondary N) is 1. The van der Waals surface area contributed by atoms with Crippen molar-refractivity contribution >= 4 is 34.2 Å². The number of aromatic nitrogens is 2. The van der Waals surface area contributed by atoms with Crippen molar-refractivity contribution in [3.05, 3.63) is 63.9 Å². The van der Waals surface area contributed by atoms with Gasteiger partial charge < -0.3 is 5.32 Å². The minimum absolute atomic E-state index is 0.105. The van der Waals surface area contributed by atoms with Crippen molar-refractivity contribution in [2.75, 3.05) is 5.32 Å². The number of hydrogen-bond donors (Lipinski definition) is 1. The first-order valence-corrected chi connectivity index (χ1v) is 7.27. The largest absolute Gasteiger partial charge is 0.313 e. The van der Waals surface area contributed by atoms with Crippen LogP contribution in [0.4, 0.5) is 5.82 Å². The van der Waals surface area contributed by atoms with Crippen LogP contribution in [0.1, 0.15) is 6.92 Å². The Kier molecular flexibility index (Phi) is 4.04. The monoisotopic (exact) mass is 325 g/mol. The van der Waals surface area contributed by atoms with Crippen molar-refractivity contribution in [2.45, 2.75) is 6.92 Å². The van der Waals surface area contributed by atoms with Gasteiger partial charge in [0, 0.05) is 22.9 Å². The molecule has 0 saturated carbocycles. The van der Waals surface area contributed by atoms with Gasteiger partial charge in [0.1, 0.15) is 0 Å². The summed E-state index contributed by atoms with van der Waals surface area (Å²) in [5.74, 6) is -0.488. The summed E-state index contributed by atoms with van der Waals surface area (Å²) in [6.45, 7) is 1.31. The highest BCUT2D eigenvalue weighted by molar-refractivity contribution is 6.31. The number of carbonyl (C=O) groups excluding carboxylic acids is 1. The van der Waals surface area contributed by atoms with Crippen LogP contribution in [0.15, 0.2) is 53.3 Å². The molecule has 0 aliphatic rings. The molecule has 5 nitrogen and oxygen atoms in total. The Morgan fingerprint density at radius 3 is 2.52 bits per heavy atom. The Morgan fingerprint density at radius 2 is 1.83 bits per heavy atom. The topological polar surface area (TPSA) is 72.0 Å². The highest BCUT2D eigenvalue weighted by atomic mass is 35.5. The summed E-state index contributed by atoms with van der Waals surface area (Å²) in [7, 11) is 0. The molecular formula is C17H12ClN3O2. The van der Waals surface area contributed by atoms with Crippen LogP contribution in [0, 0.1) is 0 Å². The van der Waals surface area contributed by atoms with Gasteiger partial charge in [0.25, 0.3) is 0 Å². The third-order valence-corrected chi connectivity index (χ3v) is 3.44. The molecule has 1 N–H and O–H groups in total. The lowest BCUT2D eigenvalue weighted by molar-refractivity contribution is -0.114. The van der Waals surface area contributed by atoms with Crippen molar-refractivity contribution in [1.82, 2.24) is 9.97 Å². The average molecular weight is 326 g/mol. The van der Waals surface area contributed by atoms with E-state index in [2.05, 4.69) is 15.3 Å². The number of hydrogen-bond acceptors (Lipinski definition) is 4. The van der Waals surface area contributed by atoms with Crippen LogP contribution in [-0.2, 0) is 4.79 Å². The van der Waals surface area contributed by atoms with Crippen LogP contribution in [0.2, 0.25) is 5.02 Å². The predicted molar refractivity (Wildman–Crippen MR) is 90.6 cm³/mol. The number of fused-ring (bicyclic) bond motifs is 1. The molecule has 0 fully saturated rings. The summed E-state index contributed by atoms with van der Waals surface area (Å²) in [6.07, 6.45) is 0. The standard InChI is InChI=1S/C17H12ClN3O2/c1-10(22)19-16-17(23)21-15(11-5-3-2-4-6-11)13-9-12(18)7-8-14(13)20-16/h2-9H,1H3,(H,19,20,21,22,23). The normalized spacial score (nSPS) is 10.5. The van der Waals surface area contributed by atoms with E-state index in [0.29, 0.717) is 21.6 Å². The number of amides is 1. The molecule has 0 saturated heterocycles. The number of carbonyl (C=O) groups is 1. The highest BCUT2D eigenvalue weighted by Crippen LogP contribution is 2.26. The smallest absolute Gasteiger partial charge is 0.306 e. The molecule has 3 rings (SSSR count). The maximum atomic E-state index is 12.3. The molecule has 3 aromatic rings. The Hall–Kier alpha value is -2.79. The second-order valence-corrected chi connectivity index (χ2v) is 5.37. The Labute approximate surface area is 137 Å². The summed E-state index contributed by atoms with van der Waals surface area (Å²) in [5.41, 5.74) is 1.15. The fourth-order valence-corrected chi connectivity index (χ4v) is 2.41. The zero-order valence-corrected chi connectivity index (χ0v) is 13.0. The number of rotatable bonds is 2. The van der Waals surface area contributed by atoms with Gasteiger partial charge in [-0.1, -0.05) is 41.9 Å². The van der Waals surface area contributed by atoms with E-state index < -0.39 is 5.56 Å². The molecule has 1 amide bonds. The molecule has 0 unspecified atom stereocenters. The van der Waals surface area contributed by atoms with E-state index in [1.54, 1.807) is 18.2 Å². The van der Waals surface area contributed by atoms with Crippen LogP contribution >= 0.6 is 11.6 Å². The molecule has 114 valence electrons. The molecule has 1 heterocycles. The summed E-state index contributed by atoms with van der Waals surface area (Å²) >= 11 is 6.08. The van der Waals surface area contributed by atoms with Crippen LogP contribution in [0.5, 0.6) is 0 Å². The quantitative estimate of drug-likeness (QED) is 0.785. The maximum Gasteiger partial charge on any atom is 0.313 e. The third kappa shape index (κ3) is 3.19. The lowest BCUT2D eigenvalue weighted by Gasteiger charge is -2.01. The van der Waals surface area contributed by atoms with Crippen molar-refractivity contribution < 1.29 is 4.79 Å². The zero-order chi connectivity index (χ0) is 16.4. The van der Waals surface area contributed by atoms with E-state index in [0.717, 1.165) is 5.56 Å². The second-order valence-electron chi connectivity index (χ2n) is 4.93. The van der Waals surface area contributed by atoms with Crippen molar-refractivity contribution in [3.63, 3.8) is 0 Å². The van der Waals surface area contributed by atoms with Gasteiger partial charge in [-0.15, -0.1) is 0 Å². The van der Waals surface area contributed by atoms with Gasteiger partial charge in [-0.25, -0.2) is 9.97 Å². The number of benzene rings is 2. The Bertz CT molecular complexity index is 959. The fourth-order valence-electron chi connectivity index (χ4n) is 2.24. The molecule has 2 aromatic carbocycles. The van der Waals surface area contributed by atoms with E-state index in [1.807, 2.05) is 30.3 Å². The van der Waals surface area contributed by atoms with E-state index in [9.17, 15) is 9.59 Å². The van der Waals surface area contributed by atoms with E-state index in [-0.39, 0.29) is 11.7 Å². The summed E-state index contributed by atoms with van der Waals surface area (Å²) in [5, 5.41) is 3.57. The van der Waals surface area contributed by atoms with Gasteiger partial charge in [-0.2, -0.15) is 0 Å². The molecule has 0 radical (unpaired) electrons. The van der Waals surface area contributed by atoms with Crippen molar-refractivity contribution in [3.8, 4) is 11.3 Å². The molecule has 0 aliphatic carbocycles. The molecule has 0 bridgehead atoms. The summed E-state index contributed by atoms with van der Waals surface area (Å²) in [6, 6.07) is 14.3. The van der Waals surface area contributed by atoms with Gasteiger partial charge >= 0.3 is 5.56 Å². The third-order valence-electron chi connectivity index (χ3n) is 3.20. The molecule has 23 heavy (non-hydrogen) atoms. The average Bonchev–Trinajstić information content (AvgIpc) is 2.65. The lowest BCUT2D eigenvalue weighted by atomic mass is 10.1. The van der Waals surface area contributed by atoms with E-state index in [1.165, 1.54) is 6.92 Å². The lowest BCUT2D eigenvalue weighted by Crippen LogP contribution is -2.17. The van der Waals surface area contributed by atoms with E-state index in [4.69, 9.17) is 11.6 Å². The molecular weight excluding hydrogens is 314 g/mol. The predicted octanol–water partition coefficient (Wildman–Crippen LogP) is 3.27. The Balaban J connectivity index is 2.41. The molecule has 0 atom stereocenters. The minimum atomic E-state index is -0.605. The molecule has 1 aromatic heterocycles. The number of anilines is 1. The molecule has 6 heteroatoms. The molecule has 0 spiro atoms. The summed E-state index contributed by atoms with van der Waals surface area (Å²) in [4.78, 5) is 32.0. The molecule has 0 aliphatic heterocycles. The summed E-state index contributed by atoms with van der Waals surface area (Å²) < 4.78 is 0. The fraction of sp³-hybridized carbons (Fsp3) is 0.0588. The van der Waals surface area contributed by atoms with Crippen molar-refractivity contribution in [2.24, 2.45) is 0 Å². The van der Waals surface area contributed by atoms with Gasteiger partial charge in [0.2, 0.25) is 11.7 Å². The van der Waals surface area contributed by atoms with Gasteiger partial charge in [-0.05, 0) is 18.2 Å². The first kappa shape index (κ1) is 15.1. The van der Waals surface area contributed by atoms with Crippen LogP contribution in [-0.4, -0.2) is 15.9 Å². The maximum absolute atomic E-state index is 12.3. The van der Waals surface area contributed by atoms with Crippen LogP contribution in [0.3, 0.4) is 0 Å². The van der Waals surface area contributed by atoms with Crippen molar-refractivity contribution in [1.29, 1.82) is 0 Å². The SMILES string of the molecule is CC(=O)Nc1nc2ccc(Cl)cc2c(-c2ccccc2)nc1=O. The van der Waals surface area contributed by atoms with Gasteiger partial charge in [0.05, 0.1) is 11.2 Å². The first-order chi connectivity index (χ1) is 11.0. The van der Waals surface area contributed by atoms with Gasteiger partial charge in [-0.3, -0.25) is 9.59 Å². The minimum Gasteiger partial charge on any atom is -0.306 e. The first-order valence-electron chi connectivity index (χ1n) is 6.89. The van der Waals surface area contributed by atoms with Gasteiger partial charge in [0.15, 0.2) is 0 Å². The van der Waals surface area contributed by atoms with E-state index >= 15 is 0 Å². The highest BCUT2D eigenvalue weighted by Gasteiger charge is 2.11. The number of halogens is 1. The van der Waals surface area contributed by atoms with Crippen LogP contribution < -0.4 is 10.9 Å². The number of nitrogens with zero attached hydrogens (tertiary/aromatic N) is 2. The van der Waals surface area contributed by atoms with Crippen LogP contribution in [0.25, 0.3) is 22.2 Å². The zero-order valence-electron chi connectivity index (χ0n) is 12.2. The Morgan fingerprint density at radius 1 is 1.09 bits per heavy atom.